The third-order valence-corrected chi connectivity index (χ3v) is 2.57. The molecule has 72 valence electrons. The van der Waals surface area contributed by atoms with Crippen molar-refractivity contribution in [2.24, 2.45) is 5.92 Å². The minimum absolute atomic E-state index is 0.152. The van der Waals surface area contributed by atoms with Crippen molar-refractivity contribution in [1.82, 2.24) is 5.32 Å². The minimum atomic E-state index is -0.152. The van der Waals surface area contributed by atoms with Crippen LogP contribution in [0.5, 0.6) is 0 Å². The highest BCUT2D eigenvalue weighted by Gasteiger charge is 2.16. The first kappa shape index (κ1) is 10.3. The number of rotatable bonds is 3. The van der Waals surface area contributed by atoms with Crippen LogP contribution in [-0.4, -0.2) is 12.1 Å². The summed E-state index contributed by atoms with van der Waals surface area (Å²) >= 11 is 0. The van der Waals surface area contributed by atoms with Crippen LogP contribution in [0.15, 0.2) is 12.2 Å². The van der Waals surface area contributed by atoms with Gasteiger partial charge in [0.05, 0.1) is 5.54 Å². The van der Waals surface area contributed by atoms with Crippen molar-refractivity contribution >= 4 is 0 Å². The van der Waals surface area contributed by atoms with Gasteiger partial charge >= 0.3 is 0 Å². The number of allylic oxidation sites excluding steroid dienone is 2. The second-order valence-corrected chi connectivity index (χ2v) is 4.30. The third kappa shape index (κ3) is 3.65. The number of terminal acetylenes is 1. The van der Waals surface area contributed by atoms with Gasteiger partial charge in [-0.05, 0) is 45.6 Å². The van der Waals surface area contributed by atoms with Crippen molar-refractivity contribution in [2.45, 2.75) is 38.6 Å². The Morgan fingerprint density at radius 1 is 1.54 bits per heavy atom. The Morgan fingerprint density at radius 3 is 2.85 bits per heavy atom. The van der Waals surface area contributed by atoms with Crippen molar-refractivity contribution in [3.8, 4) is 12.3 Å². The number of hydrogen-bond acceptors (Lipinski definition) is 1. The van der Waals surface area contributed by atoms with Gasteiger partial charge in [-0.3, -0.25) is 0 Å². The summed E-state index contributed by atoms with van der Waals surface area (Å²) in [6.07, 6.45) is 13.7. The molecular formula is C12H19N. The van der Waals surface area contributed by atoms with E-state index in [-0.39, 0.29) is 5.54 Å². The largest absolute Gasteiger partial charge is 0.301 e. The van der Waals surface area contributed by atoms with Gasteiger partial charge in [0, 0.05) is 0 Å². The molecule has 0 aromatic rings. The van der Waals surface area contributed by atoms with Crippen LogP contribution in [0, 0.1) is 18.3 Å². The maximum atomic E-state index is 5.40. The molecule has 0 amide bonds. The van der Waals surface area contributed by atoms with Gasteiger partial charge in [-0.25, -0.2) is 0 Å². The molecule has 0 radical (unpaired) electrons. The molecule has 0 heterocycles. The summed E-state index contributed by atoms with van der Waals surface area (Å²) in [7, 11) is 0. The van der Waals surface area contributed by atoms with Crippen LogP contribution < -0.4 is 5.32 Å². The zero-order valence-corrected chi connectivity index (χ0v) is 8.64. The number of hydrogen-bond donors (Lipinski definition) is 1. The van der Waals surface area contributed by atoms with Gasteiger partial charge in [-0.15, -0.1) is 6.42 Å². The Balaban J connectivity index is 2.27. The third-order valence-electron chi connectivity index (χ3n) is 2.57. The Morgan fingerprint density at radius 2 is 2.31 bits per heavy atom. The molecular weight excluding hydrogens is 158 g/mol. The highest BCUT2D eigenvalue weighted by Crippen LogP contribution is 2.17. The summed E-state index contributed by atoms with van der Waals surface area (Å²) in [6.45, 7) is 5.14. The van der Waals surface area contributed by atoms with Crippen LogP contribution >= 0.6 is 0 Å². The molecule has 0 aromatic carbocycles. The van der Waals surface area contributed by atoms with Crippen LogP contribution in [0.3, 0.4) is 0 Å². The van der Waals surface area contributed by atoms with Gasteiger partial charge in [0.2, 0.25) is 0 Å². The van der Waals surface area contributed by atoms with Crippen molar-refractivity contribution in [3.63, 3.8) is 0 Å². The van der Waals surface area contributed by atoms with E-state index in [2.05, 4.69) is 23.4 Å². The van der Waals surface area contributed by atoms with Gasteiger partial charge in [-0.2, -0.15) is 0 Å². The fourth-order valence-electron chi connectivity index (χ4n) is 1.49. The Labute approximate surface area is 81.6 Å². The van der Waals surface area contributed by atoms with Crippen molar-refractivity contribution in [3.05, 3.63) is 12.2 Å². The molecule has 0 fully saturated rings. The Hall–Kier alpha value is -0.740. The minimum Gasteiger partial charge on any atom is -0.301 e. The van der Waals surface area contributed by atoms with E-state index in [1.165, 1.54) is 19.3 Å². The molecule has 0 saturated heterocycles. The van der Waals surface area contributed by atoms with Crippen molar-refractivity contribution in [2.75, 3.05) is 6.54 Å². The lowest BCUT2D eigenvalue weighted by Crippen LogP contribution is -2.40. The molecule has 0 spiro atoms. The van der Waals surface area contributed by atoms with Crippen LogP contribution in [0.4, 0.5) is 0 Å². The summed E-state index contributed by atoms with van der Waals surface area (Å²) in [5.41, 5.74) is -0.152. The molecule has 13 heavy (non-hydrogen) atoms. The van der Waals surface area contributed by atoms with Gasteiger partial charge in [0.1, 0.15) is 0 Å². The van der Waals surface area contributed by atoms with E-state index in [0.29, 0.717) is 0 Å². The first-order valence-corrected chi connectivity index (χ1v) is 5.02. The SMILES string of the molecule is C#CC(C)(C)NCC1CC=CCC1. The average molecular weight is 177 g/mol. The molecule has 1 unspecified atom stereocenters. The zero-order valence-electron chi connectivity index (χ0n) is 8.64. The van der Waals surface area contributed by atoms with E-state index in [1.54, 1.807) is 0 Å². The standard InChI is InChI=1S/C12H19N/c1-4-12(2,3)13-10-11-8-6-5-7-9-11/h1,5-6,11,13H,7-10H2,2-3H3. The van der Waals surface area contributed by atoms with Crippen LogP contribution in [-0.2, 0) is 0 Å². The van der Waals surface area contributed by atoms with Gasteiger partial charge in [-0.1, -0.05) is 18.1 Å². The van der Waals surface area contributed by atoms with E-state index in [1.807, 2.05) is 13.8 Å². The lowest BCUT2D eigenvalue weighted by molar-refractivity contribution is 0.387. The monoisotopic (exact) mass is 177 g/mol. The van der Waals surface area contributed by atoms with Crippen LogP contribution in [0.1, 0.15) is 33.1 Å². The smallest absolute Gasteiger partial charge is 0.0741 e. The maximum Gasteiger partial charge on any atom is 0.0741 e. The van der Waals surface area contributed by atoms with E-state index in [4.69, 9.17) is 6.42 Å². The number of nitrogens with one attached hydrogen (secondary N) is 1. The van der Waals surface area contributed by atoms with E-state index in [9.17, 15) is 0 Å². The van der Waals surface area contributed by atoms with Crippen LogP contribution in [0.25, 0.3) is 0 Å². The van der Waals surface area contributed by atoms with Crippen LogP contribution in [0.2, 0.25) is 0 Å². The second-order valence-electron chi connectivity index (χ2n) is 4.30. The Bertz CT molecular complexity index is 220. The predicted molar refractivity (Wildman–Crippen MR) is 57.4 cm³/mol. The quantitative estimate of drug-likeness (QED) is 0.515. The topological polar surface area (TPSA) is 12.0 Å². The molecule has 0 aliphatic heterocycles. The summed E-state index contributed by atoms with van der Waals surface area (Å²) in [5, 5.41) is 3.41. The highest BCUT2D eigenvalue weighted by molar-refractivity contribution is 5.07. The van der Waals surface area contributed by atoms with Crippen molar-refractivity contribution in [1.29, 1.82) is 0 Å². The average Bonchev–Trinajstić information content (AvgIpc) is 2.17. The molecule has 1 N–H and O–H groups in total. The fourth-order valence-corrected chi connectivity index (χ4v) is 1.49. The normalized spacial score (nSPS) is 22.7. The van der Waals surface area contributed by atoms with E-state index < -0.39 is 0 Å². The van der Waals surface area contributed by atoms with E-state index >= 15 is 0 Å². The summed E-state index contributed by atoms with van der Waals surface area (Å²) in [4.78, 5) is 0. The van der Waals surface area contributed by atoms with E-state index in [0.717, 1.165) is 12.5 Å². The summed E-state index contributed by atoms with van der Waals surface area (Å²) in [5.74, 6) is 3.53. The lowest BCUT2D eigenvalue weighted by Gasteiger charge is -2.25. The summed E-state index contributed by atoms with van der Waals surface area (Å²) < 4.78 is 0. The molecule has 0 bridgehead atoms. The molecule has 1 aliphatic carbocycles. The fraction of sp³-hybridized carbons (Fsp3) is 0.667. The molecule has 1 rings (SSSR count). The molecule has 0 aromatic heterocycles. The molecule has 1 heteroatoms. The van der Waals surface area contributed by atoms with Gasteiger partial charge < -0.3 is 5.32 Å². The molecule has 1 nitrogen and oxygen atoms in total. The second kappa shape index (κ2) is 4.48. The predicted octanol–water partition coefficient (Wildman–Crippen LogP) is 2.34. The first-order valence-electron chi connectivity index (χ1n) is 5.02. The lowest BCUT2D eigenvalue weighted by atomic mass is 9.93. The highest BCUT2D eigenvalue weighted by atomic mass is 14.9. The summed E-state index contributed by atoms with van der Waals surface area (Å²) in [6, 6.07) is 0. The van der Waals surface area contributed by atoms with Crippen molar-refractivity contribution < 1.29 is 0 Å². The first-order chi connectivity index (χ1) is 6.14. The zero-order chi connectivity index (χ0) is 9.73. The van der Waals surface area contributed by atoms with Gasteiger partial charge in [0.25, 0.3) is 0 Å². The van der Waals surface area contributed by atoms with Gasteiger partial charge in [0.15, 0.2) is 0 Å². The maximum absolute atomic E-state index is 5.40. The molecule has 0 saturated carbocycles. The Kier molecular flexibility index (Phi) is 3.57. The molecule has 1 aliphatic rings. The molecule has 1 atom stereocenters.